The van der Waals surface area contributed by atoms with E-state index in [0.717, 1.165) is 28.8 Å². The molecular weight excluding hydrogens is 432 g/mol. The van der Waals surface area contributed by atoms with E-state index in [1.165, 1.54) is 0 Å². The van der Waals surface area contributed by atoms with Gasteiger partial charge in [-0.1, -0.05) is 12.1 Å². The minimum absolute atomic E-state index is 0.0237. The van der Waals surface area contributed by atoms with Gasteiger partial charge in [0.2, 0.25) is 0 Å². The lowest BCUT2D eigenvalue weighted by Crippen LogP contribution is -2.53. The predicted octanol–water partition coefficient (Wildman–Crippen LogP) is 1.93. The van der Waals surface area contributed by atoms with Crippen LogP contribution in [-0.2, 0) is 17.9 Å². The van der Waals surface area contributed by atoms with Gasteiger partial charge in [0.25, 0.3) is 0 Å². The number of pyridine rings is 1. The summed E-state index contributed by atoms with van der Waals surface area (Å²) < 4.78 is 6.82. The number of aromatic nitrogens is 3. The summed E-state index contributed by atoms with van der Waals surface area (Å²) in [6.07, 6.45) is 3.51. The number of aliphatic hydroxyl groups excluding tert-OH is 1. The number of aryl methyl sites for hydroxylation is 1. The van der Waals surface area contributed by atoms with Crippen molar-refractivity contribution in [1.82, 2.24) is 25.0 Å². The molecule has 0 aliphatic carbocycles. The lowest BCUT2D eigenvalue weighted by atomic mass is 9.92. The molecule has 2 atom stereocenters. The normalized spacial score (nSPS) is 20.1. The van der Waals surface area contributed by atoms with Gasteiger partial charge in [-0.3, -0.25) is 4.90 Å². The highest BCUT2D eigenvalue weighted by molar-refractivity contribution is 5.94. The number of carbonyl (C=O) groups excluding carboxylic acids is 1. The average Bonchev–Trinajstić information content (AvgIpc) is 3.42. The second kappa shape index (κ2) is 8.99. The summed E-state index contributed by atoms with van der Waals surface area (Å²) in [6, 6.07) is 9.84. The number of benzene rings is 1. The van der Waals surface area contributed by atoms with E-state index >= 15 is 0 Å². The van der Waals surface area contributed by atoms with E-state index in [0.29, 0.717) is 42.3 Å². The van der Waals surface area contributed by atoms with Crippen LogP contribution < -0.4 is 5.32 Å². The molecule has 2 aliphatic heterocycles. The number of aliphatic hydroxyl groups is 1. The molecule has 1 fully saturated rings. The number of hydrogen-bond acceptors (Lipinski definition) is 8. The van der Waals surface area contributed by atoms with E-state index in [2.05, 4.69) is 26.4 Å². The Balaban J connectivity index is 1.33. The third kappa shape index (κ3) is 4.07. The van der Waals surface area contributed by atoms with Gasteiger partial charge in [-0.25, -0.2) is 14.5 Å². The van der Waals surface area contributed by atoms with Gasteiger partial charge in [0.05, 0.1) is 29.6 Å². The Morgan fingerprint density at radius 1 is 1.26 bits per heavy atom. The fourth-order valence-electron chi connectivity index (χ4n) is 4.80. The number of rotatable bonds is 5. The minimum atomic E-state index is -0.263. The lowest BCUT2D eigenvalue weighted by molar-refractivity contribution is 0.0535. The number of nitrogens with one attached hydrogen (secondary N) is 1. The van der Waals surface area contributed by atoms with Crippen LogP contribution in [0.4, 0.5) is 0 Å². The highest BCUT2D eigenvalue weighted by Gasteiger charge is 2.31. The van der Waals surface area contributed by atoms with Gasteiger partial charge in [-0.05, 0) is 42.7 Å². The van der Waals surface area contributed by atoms with Crippen LogP contribution >= 0.6 is 0 Å². The Hall–Kier alpha value is -3.58. The molecule has 2 aromatic heterocycles. The van der Waals surface area contributed by atoms with Gasteiger partial charge in [-0.15, -0.1) is 0 Å². The molecular formula is C25H26N6O3. The molecule has 0 bridgehead atoms. The quantitative estimate of drug-likeness (QED) is 0.557. The number of hydrogen-bond donors (Lipinski definition) is 2. The third-order valence-corrected chi connectivity index (χ3v) is 6.63. The summed E-state index contributed by atoms with van der Waals surface area (Å²) in [7, 11) is 0. The van der Waals surface area contributed by atoms with Gasteiger partial charge in [0.1, 0.15) is 12.7 Å². The van der Waals surface area contributed by atoms with E-state index in [-0.39, 0.29) is 24.7 Å². The first-order valence-corrected chi connectivity index (χ1v) is 11.3. The second-order valence-electron chi connectivity index (χ2n) is 8.88. The fourth-order valence-corrected chi connectivity index (χ4v) is 4.80. The SMILES string of the molecule is Cc1nn(-c2ccc(CN3C[C@H](CO)N[C@H](c4ccc5c(c4C)COC5=O)C3)cn2)cc1C#N. The van der Waals surface area contributed by atoms with Crippen LogP contribution in [0.2, 0.25) is 0 Å². The molecule has 1 aromatic carbocycles. The zero-order chi connectivity index (χ0) is 23.8. The van der Waals surface area contributed by atoms with Crippen molar-refractivity contribution in [2.24, 2.45) is 0 Å². The van der Waals surface area contributed by atoms with Gasteiger partial charge >= 0.3 is 5.97 Å². The van der Waals surface area contributed by atoms with Gasteiger partial charge in [-0.2, -0.15) is 10.4 Å². The minimum Gasteiger partial charge on any atom is -0.457 e. The zero-order valence-corrected chi connectivity index (χ0v) is 19.2. The molecule has 5 rings (SSSR count). The summed E-state index contributed by atoms with van der Waals surface area (Å²) in [5.41, 5.74) is 6.05. The number of ether oxygens (including phenoxy) is 1. The van der Waals surface area contributed by atoms with Crippen molar-refractivity contribution in [3.05, 3.63) is 75.7 Å². The Kier molecular flexibility index (Phi) is 5.87. The predicted molar refractivity (Wildman–Crippen MR) is 123 cm³/mol. The van der Waals surface area contributed by atoms with Crippen LogP contribution in [-0.4, -0.2) is 56.5 Å². The first-order chi connectivity index (χ1) is 16.5. The van der Waals surface area contributed by atoms with Crippen molar-refractivity contribution in [2.75, 3.05) is 19.7 Å². The van der Waals surface area contributed by atoms with Crippen LogP contribution in [0.3, 0.4) is 0 Å². The van der Waals surface area contributed by atoms with Gasteiger partial charge < -0.3 is 15.2 Å². The largest absolute Gasteiger partial charge is 0.457 e. The molecule has 0 radical (unpaired) electrons. The first kappa shape index (κ1) is 22.2. The number of nitriles is 1. The van der Waals surface area contributed by atoms with E-state index in [1.54, 1.807) is 17.8 Å². The third-order valence-electron chi connectivity index (χ3n) is 6.63. The molecule has 3 aromatic rings. The second-order valence-corrected chi connectivity index (χ2v) is 8.88. The first-order valence-electron chi connectivity index (χ1n) is 11.3. The Labute approximate surface area is 197 Å². The standard InChI is InChI=1S/C25H26N6O3/c1-15-20(4-5-21-22(15)14-34-25(21)33)23-12-30(11-19(13-32)28-23)9-17-3-6-24(27-8-17)31-10-18(7-26)16(2)29-31/h3-6,8,10,19,23,28,32H,9,11-14H2,1-2H3/t19-,23+/m1/s1. The highest BCUT2D eigenvalue weighted by Crippen LogP contribution is 2.31. The topological polar surface area (TPSA) is 116 Å². The average molecular weight is 459 g/mol. The van der Waals surface area contributed by atoms with Crippen molar-refractivity contribution in [2.45, 2.75) is 39.1 Å². The molecule has 9 nitrogen and oxygen atoms in total. The molecule has 9 heteroatoms. The molecule has 2 aliphatic rings. The van der Waals surface area contributed by atoms with E-state index in [4.69, 9.17) is 10.00 Å². The summed E-state index contributed by atoms with van der Waals surface area (Å²) in [4.78, 5) is 18.7. The Morgan fingerprint density at radius 2 is 2.12 bits per heavy atom. The molecule has 0 spiro atoms. The van der Waals surface area contributed by atoms with Gasteiger partial charge in [0.15, 0.2) is 5.82 Å². The fraction of sp³-hybridized carbons (Fsp3) is 0.360. The smallest absolute Gasteiger partial charge is 0.338 e. The van der Waals surface area contributed by atoms with Crippen LogP contribution in [0.5, 0.6) is 0 Å². The number of nitrogens with zero attached hydrogens (tertiary/aromatic N) is 5. The summed E-state index contributed by atoms with van der Waals surface area (Å²) in [5, 5.41) is 27.0. The van der Waals surface area contributed by atoms with Crippen LogP contribution in [0, 0.1) is 25.2 Å². The number of carbonyl (C=O) groups is 1. The highest BCUT2D eigenvalue weighted by atomic mass is 16.5. The van der Waals surface area contributed by atoms with Crippen LogP contribution in [0.25, 0.3) is 5.82 Å². The van der Waals surface area contributed by atoms with Crippen molar-refractivity contribution in [1.29, 1.82) is 5.26 Å². The van der Waals surface area contributed by atoms with Crippen molar-refractivity contribution >= 4 is 5.97 Å². The van der Waals surface area contributed by atoms with Crippen molar-refractivity contribution < 1.29 is 14.6 Å². The van der Waals surface area contributed by atoms with E-state index in [9.17, 15) is 9.90 Å². The van der Waals surface area contributed by atoms with Crippen LogP contribution in [0.15, 0.2) is 36.7 Å². The van der Waals surface area contributed by atoms with Gasteiger partial charge in [0, 0.05) is 43.5 Å². The Bertz CT molecular complexity index is 1280. The van der Waals surface area contributed by atoms with Crippen LogP contribution in [0.1, 0.15) is 49.9 Å². The molecule has 174 valence electrons. The molecule has 1 saturated heterocycles. The summed E-state index contributed by atoms with van der Waals surface area (Å²) >= 11 is 0. The summed E-state index contributed by atoms with van der Waals surface area (Å²) in [6.45, 7) is 6.35. The zero-order valence-electron chi connectivity index (χ0n) is 19.2. The molecule has 0 amide bonds. The monoisotopic (exact) mass is 458 g/mol. The number of cyclic esters (lactones) is 1. The maximum Gasteiger partial charge on any atom is 0.338 e. The van der Waals surface area contributed by atoms with E-state index < -0.39 is 0 Å². The lowest BCUT2D eigenvalue weighted by Gasteiger charge is -2.39. The molecule has 4 heterocycles. The number of piperazine rings is 1. The maximum atomic E-state index is 11.9. The molecule has 0 unspecified atom stereocenters. The molecule has 34 heavy (non-hydrogen) atoms. The van der Waals surface area contributed by atoms with E-state index in [1.807, 2.05) is 37.4 Å². The summed E-state index contributed by atoms with van der Waals surface area (Å²) in [5.74, 6) is 0.395. The molecule has 0 saturated carbocycles. The van der Waals surface area contributed by atoms with Crippen molar-refractivity contribution in [3.8, 4) is 11.9 Å². The molecule has 2 N–H and O–H groups in total. The maximum absolute atomic E-state index is 11.9. The number of fused-ring (bicyclic) bond motifs is 1. The number of esters is 1. The van der Waals surface area contributed by atoms with Crippen molar-refractivity contribution in [3.63, 3.8) is 0 Å². The Morgan fingerprint density at radius 3 is 2.82 bits per heavy atom.